The Morgan fingerprint density at radius 2 is 2.05 bits per heavy atom. The van der Waals surface area contributed by atoms with Gasteiger partial charge in [-0.05, 0) is 12.5 Å². The van der Waals surface area contributed by atoms with Gasteiger partial charge in [-0.25, -0.2) is 4.98 Å². The van der Waals surface area contributed by atoms with E-state index in [2.05, 4.69) is 15.2 Å². The van der Waals surface area contributed by atoms with Crippen molar-refractivity contribution in [2.75, 3.05) is 12.3 Å². The van der Waals surface area contributed by atoms with E-state index in [1.165, 1.54) is 0 Å². The van der Waals surface area contributed by atoms with Crippen LogP contribution in [-0.2, 0) is 0 Å². The maximum atomic E-state index is 9.25. The molecule has 0 saturated carbocycles. The minimum Gasteiger partial charge on any atom is -0.396 e. The molecule has 0 aliphatic heterocycles. The molecule has 0 aliphatic carbocycles. The third-order valence-corrected chi connectivity index (χ3v) is 3.83. The van der Waals surface area contributed by atoms with Crippen LogP contribution < -0.4 is 5.73 Å². The van der Waals surface area contributed by atoms with Gasteiger partial charge < -0.3 is 10.8 Å². The molecule has 0 fully saturated rings. The highest BCUT2D eigenvalue weighted by Crippen LogP contribution is 2.34. The number of nitrogens with zero attached hydrogens (tertiary/aromatic N) is 3. The van der Waals surface area contributed by atoms with Crippen LogP contribution in [-0.4, -0.2) is 26.9 Å². The van der Waals surface area contributed by atoms with E-state index in [-0.39, 0.29) is 18.3 Å². The Kier molecular flexibility index (Phi) is 4.75. The molecule has 1 heterocycles. The molecule has 5 nitrogen and oxygen atoms in total. The number of hydrogen-bond acceptors (Lipinski definition) is 5. The smallest absolute Gasteiger partial charge is 0.158 e. The van der Waals surface area contributed by atoms with Gasteiger partial charge in [0.25, 0.3) is 0 Å². The molecule has 0 saturated heterocycles. The number of nitrogens with two attached hydrogens (primary N) is 1. The van der Waals surface area contributed by atoms with Crippen LogP contribution in [0.2, 0.25) is 10.0 Å². The minimum absolute atomic E-state index is 0.0467. The highest BCUT2D eigenvalue weighted by atomic mass is 35.5. The maximum absolute atomic E-state index is 9.25. The van der Waals surface area contributed by atoms with E-state index >= 15 is 0 Å². The zero-order chi connectivity index (χ0) is 14.7. The molecule has 20 heavy (non-hydrogen) atoms. The summed E-state index contributed by atoms with van der Waals surface area (Å²) in [7, 11) is 0. The first-order valence-corrected chi connectivity index (χ1v) is 6.89. The topological polar surface area (TPSA) is 84.9 Å². The van der Waals surface area contributed by atoms with Crippen LogP contribution >= 0.6 is 23.2 Å². The zero-order valence-corrected chi connectivity index (χ0v) is 12.4. The Morgan fingerprint density at radius 3 is 2.65 bits per heavy atom. The van der Waals surface area contributed by atoms with Gasteiger partial charge in [0.1, 0.15) is 5.69 Å². The second kappa shape index (κ2) is 6.35. The van der Waals surface area contributed by atoms with Gasteiger partial charge in [0.15, 0.2) is 11.6 Å². The minimum atomic E-state index is -0.173. The quantitative estimate of drug-likeness (QED) is 0.906. The Labute approximate surface area is 126 Å². The molecule has 0 aliphatic rings. The fraction of sp³-hybridized carbons (Fsp3) is 0.308. The molecule has 0 spiro atoms. The van der Waals surface area contributed by atoms with Crippen molar-refractivity contribution < 1.29 is 5.11 Å². The number of rotatable bonds is 4. The van der Waals surface area contributed by atoms with Crippen molar-refractivity contribution in [3.8, 4) is 11.3 Å². The van der Waals surface area contributed by atoms with E-state index in [4.69, 9.17) is 28.9 Å². The summed E-state index contributed by atoms with van der Waals surface area (Å²) in [4.78, 5) is 4.20. The summed E-state index contributed by atoms with van der Waals surface area (Å²) in [6.45, 7) is 1.89. The van der Waals surface area contributed by atoms with E-state index in [9.17, 15) is 5.11 Å². The molecular formula is C13H14Cl2N4O. The monoisotopic (exact) mass is 312 g/mol. The number of nitrogen functional groups attached to an aromatic ring is 1. The molecule has 1 unspecified atom stereocenters. The van der Waals surface area contributed by atoms with Crippen LogP contribution in [0.3, 0.4) is 0 Å². The predicted octanol–water partition coefficient (Wildman–Crippen LogP) is 2.91. The Morgan fingerprint density at radius 1 is 1.30 bits per heavy atom. The zero-order valence-electron chi connectivity index (χ0n) is 10.8. The lowest BCUT2D eigenvalue weighted by Gasteiger charge is -2.12. The first kappa shape index (κ1) is 15.0. The molecule has 0 radical (unpaired) electrons. The van der Waals surface area contributed by atoms with E-state index < -0.39 is 0 Å². The first-order chi connectivity index (χ1) is 9.58. The fourth-order valence-electron chi connectivity index (χ4n) is 1.80. The van der Waals surface area contributed by atoms with Gasteiger partial charge in [-0.1, -0.05) is 42.3 Å². The van der Waals surface area contributed by atoms with Crippen molar-refractivity contribution in [2.24, 2.45) is 0 Å². The van der Waals surface area contributed by atoms with E-state index in [1.807, 2.05) is 6.92 Å². The van der Waals surface area contributed by atoms with Crippen molar-refractivity contribution >= 4 is 29.0 Å². The SMILES string of the molecule is CCC(CO)c1nnc(-c2cccc(Cl)c2Cl)c(N)n1. The Hall–Kier alpha value is -1.43. The van der Waals surface area contributed by atoms with Gasteiger partial charge in [-0.3, -0.25) is 0 Å². The molecule has 3 N–H and O–H groups in total. The summed E-state index contributed by atoms with van der Waals surface area (Å²) < 4.78 is 0. The van der Waals surface area contributed by atoms with Gasteiger partial charge >= 0.3 is 0 Å². The standard InChI is InChI=1S/C13H14Cl2N4O/c1-2-7(6-20)13-17-12(16)11(18-19-13)8-4-3-5-9(14)10(8)15/h3-5,7,20H,2,6H2,1H3,(H2,16,17,19). The van der Waals surface area contributed by atoms with E-state index in [0.717, 1.165) is 0 Å². The Bertz CT molecular complexity index is 617. The first-order valence-electron chi connectivity index (χ1n) is 6.13. The van der Waals surface area contributed by atoms with Crippen molar-refractivity contribution in [3.63, 3.8) is 0 Å². The van der Waals surface area contributed by atoms with Gasteiger partial charge in [0, 0.05) is 11.5 Å². The highest BCUT2D eigenvalue weighted by Gasteiger charge is 2.17. The Balaban J connectivity index is 2.47. The molecular weight excluding hydrogens is 299 g/mol. The lowest BCUT2D eigenvalue weighted by Crippen LogP contribution is -2.12. The van der Waals surface area contributed by atoms with Gasteiger partial charge in [0.2, 0.25) is 0 Å². The maximum Gasteiger partial charge on any atom is 0.158 e. The average molecular weight is 313 g/mol. The summed E-state index contributed by atoms with van der Waals surface area (Å²) in [5, 5.41) is 18.1. The molecule has 0 amide bonds. The van der Waals surface area contributed by atoms with Crippen molar-refractivity contribution in [3.05, 3.63) is 34.1 Å². The number of anilines is 1. The second-order valence-corrected chi connectivity index (χ2v) is 5.08. The third kappa shape index (κ3) is 2.85. The molecule has 106 valence electrons. The summed E-state index contributed by atoms with van der Waals surface area (Å²) in [5.74, 6) is 0.467. The number of halogens is 2. The predicted molar refractivity (Wildman–Crippen MR) is 79.8 cm³/mol. The van der Waals surface area contributed by atoms with Gasteiger partial charge in [-0.2, -0.15) is 0 Å². The molecule has 1 atom stereocenters. The third-order valence-electron chi connectivity index (χ3n) is 3.02. The lowest BCUT2D eigenvalue weighted by molar-refractivity contribution is 0.257. The second-order valence-electron chi connectivity index (χ2n) is 4.29. The highest BCUT2D eigenvalue weighted by molar-refractivity contribution is 6.43. The number of hydrogen-bond donors (Lipinski definition) is 2. The van der Waals surface area contributed by atoms with Crippen LogP contribution in [0, 0.1) is 0 Å². The van der Waals surface area contributed by atoms with Crippen molar-refractivity contribution in [1.29, 1.82) is 0 Å². The van der Waals surface area contributed by atoms with Gasteiger partial charge in [0.05, 0.1) is 16.7 Å². The molecule has 0 bridgehead atoms. The number of aliphatic hydroxyl groups is 1. The molecule has 1 aromatic carbocycles. The van der Waals surface area contributed by atoms with E-state index in [0.29, 0.717) is 33.5 Å². The van der Waals surface area contributed by atoms with E-state index in [1.54, 1.807) is 18.2 Å². The van der Waals surface area contributed by atoms with Crippen molar-refractivity contribution in [2.45, 2.75) is 19.3 Å². The average Bonchev–Trinajstić information content (AvgIpc) is 2.44. The van der Waals surface area contributed by atoms with Crippen LogP contribution in [0.1, 0.15) is 25.1 Å². The van der Waals surface area contributed by atoms with Crippen LogP contribution in [0.15, 0.2) is 18.2 Å². The lowest BCUT2D eigenvalue weighted by atomic mass is 10.1. The molecule has 2 aromatic rings. The number of aliphatic hydroxyl groups excluding tert-OH is 1. The largest absolute Gasteiger partial charge is 0.396 e. The number of aromatic nitrogens is 3. The van der Waals surface area contributed by atoms with Crippen LogP contribution in [0.25, 0.3) is 11.3 Å². The molecule has 2 rings (SSSR count). The van der Waals surface area contributed by atoms with Crippen LogP contribution in [0.5, 0.6) is 0 Å². The fourth-order valence-corrected chi connectivity index (χ4v) is 2.19. The summed E-state index contributed by atoms with van der Waals surface area (Å²) in [6.07, 6.45) is 0.703. The normalized spacial score (nSPS) is 12.4. The van der Waals surface area contributed by atoms with Crippen LogP contribution in [0.4, 0.5) is 5.82 Å². The van der Waals surface area contributed by atoms with Gasteiger partial charge in [-0.15, -0.1) is 10.2 Å². The van der Waals surface area contributed by atoms with Crippen molar-refractivity contribution in [1.82, 2.24) is 15.2 Å². The molecule has 7 heteroatoms. The summed E-state index contributed by atoms with van der Waals surface area (Å²) in [5.41, 5.74) is 6.89. The number of benzene rings is 1. The summed E-state index contributed by atoms with van der Waals surface area (Å²) >= 11 is 12.1. The summed E-state index contributed by atoms with van der Waals surface area (Å²) in [6, 6.07) is 5.18. The molecule has 1 aromatic heterocycles.